The summed E-state index contributed by atoms with van der Waals surface area (Å²) in [5.74, 6) is -0.498. The Balaban J connectivity index is 1.35. The van der Waals surface area contributed by atoms with Gasteiger partial charge in [-0.05, 0) is 61.5 Å². The van der Waals surface area contributed by atoms with Crippen LogP contribution in [0.5, 0.6) is 5.88 Å². The Bertz CT molecular complexity index is 1170. The van der Waals surface area contributed by atoms with Crippen molar-refractivity contribution in [2.24, 2.45) is 5.41 Å². The van der Waals surface area contributed by atoms with E-state index in [4.69, 9.17) is 16.3 Å². The summed E-state index contributed by atoms with van der Waals surface area (Å²) in [6, 6.07) is 10.2. The predicted molar refractivity (Wildman–Crippen MR) is 114 cm³/mol. The molecule has 0 unspecified atom stereocenters. The molecule has 0 saturated heterocycles. The van der Waals surface area contributed by atoms with E-state index >= 15 is 0 Å². The molecule has 4 rings (SSSR count). The second kappa shape index (κ2) is 9.22. The average Bonchev–Trinajstić information content (AvgIpc) is 3.42. The molecule has 1 aliphatic rings. The first-order valence-electron chi connectivity index (χ1n) is 9.82. The summed E-state index contributed by atoms with van der Waals surface area (Å²) in [5, 5.41) is 4.05. The first-order chi connectivity index (χ1) is 15.7. The van der Waals surface area contributed by atoms with E-state index in [0.29, 0.717) is 4.90 Å². The first-order valence-corrected chi connectivity index (χ1v) is 11.0. The second-order valence-corrected chi connectivity index (χ2v) is 8.71. The Hall–Kier alpha value is -2.79. The molecule has 0 bridgehead atoms. The third kappa shape index (κ3) is 5.41. The van der Waals surface area contributed by atoms with Gasteiger partial charge in [0.05, 0.1) is 17.6 Å². The van der Waals surface area contributed by atoms with Gasteiger partial charge in [-0.25, -0.2) is 14.1 Å². The van der Waals surface area contributed by atoms with Crippen molar-refractivity contribution in [3.63, 3.8) is 0 Å². The maximum absolute atomic E-state index is 13.2. The maximum Gasteiger partial charge on any atom is 0.394 e. The van der Waals surface area contributed by atoms with Gasteiger partial charge in [-0.3, -0.25) is 9.52 Å². The number of carbonyl (C=O) groups is 1. The molecule has 1 amide bonds. The number of rotatable bonds is 8. The summed E-state index contributed by atoms with van der Waals surface area (Å²) in [6.45, 7) is -0.104. The normalized spacial score (nSPS) is 14.7. The highest BCUT2D eigenvalue weighted by atomic mass is 35.5. The molecular formula is C21H17ClF4N4O2S. The molecule has 0 spiro atoms. The molecule has 1 aliphatic carbocycles. The molecule has 0 radical (unpaired) electrons. The molecule has 12 heteroatoms. The number of nitrogens with zero attached hydrogens (tertiary/aromatic N) is 3. The number of halogens is 5. The van der Waals surface area contributed by atoms with Gasteiger partial charge in [-0.1, -0.05) is 17.7 Å². The zero-order valence-corrected chi connectivity index (χ0v) is 18.5. The number of carbonyl (C=O) groups excluding carboxylic acids is 1. The molecule has 1 aromatic carbocycles. The number of alkyl halides is 3. The Morgan fingerprint density at radius 3 is 2.70 bits per heavy atom. The van der Waals surface area contributed by atoms with E-state index in [1.165, 1.54) is 47.3 Å². The van der Waals surface area contributed by atoms with Crippen LogP contribution >= 0.6 is 23.5 Å². The molecule has 6 nitrogen and oxygen atoms in total. The van der Waals surface area contributed by atoms with Gasteiger partial charge in [0.2, 0.25) is 5.88 Å². The molecule has 2 heterocycles. The van der Waals surface area contributed by atoms with E-state index in [2.05, 4.69) is 14.8 Å². The van der Waals surface area contributed by atoms with Gasteiger partial charge in [0.25, 0.3) is 5.91 Å². The highest BCUT2D eigenvalue weighted by Crippen LogP contribution is 2.59. The van der Waals surface area contributed by atoms with Crippen molar-refractivity contribution in [1.82, 2.24) is 19.5 Å². The Labute approximate surface area is 195 Å². The zero-order valence-electron chi connectivity index (χ0n) is 16.9. The van der Waals surface area contributed by atoms with Gasteiger partial charge in [0.1, 0.15) is 11.0 Å². The molecular weight excluding hydrogens is 484 g/mol. The van der Waals surface area contributed by atoms with Crippen molar-refractivity contribution in [3.05, 3.63) is 65.2 Å². The minimum Gasteiger partial charge on any atom is -0.477 e. The molecule has 1 fully saturated rings. The molecule has 1 N–H and O–H groups in total. The molecule has 1 saturated carbocycles. The lowest BCUT2D eigenvalue weighted by Gasteiger charge is -2.18. The standard InChI is InChI=1S/C21H17ClF4N4O2S/c22-18-15(19(31)29-33-14-3-1-2-13(23)12-14)4-5-16(27-18)30-10-6-17(28-30)32-11-9-20(7-8-20)21(24,25)26/h1-6,10,12H,7-9,11H2,(H,29,31). The summed E-state index contributed by atoms with van der Waals surface area (Å²) in [7, 11) is 0. The van der Waals surface area contributed by atoms with Gasteiger partial charge in [-0.15, -0.1) is 5.10 Å². The highest BCUT2D eigenvalue weighted by Gasteiger charge is 2.62. The van der Waals surface area contributed by atoms with Crippen LogP contribution in [0.3, 0.4) is 0 Å². The van der Waals surface area contributed by atoms with Gasteiger partial charge in [0.15, 0.2) is 5.82 Å². The molecule has 3 aromatic rings. The largest absolute Gasteiger partial charge is 0.477 e. The van der Waals surface area contributed by atoms with Crippen LogP contribution in [-0.4, -0.2) is 33.5 Å². The monoisotopic (exact) mass is 500 g/mol. The van der Waals surface area contributed by atoms with E-state index in [1.54, 1.807) is 6.07 Å². The number of nitrogens with one attached hydrogen (secondary N) is 1. The minimum atomic E-state index is -4.22. The van der Waals surface area contributed by atoms with Crippen molar-refractivity contribution in [2.75, 3.05) is 6.61 Å². The fraction of sp³-hybridized carbons (Fsp3) is 0.286. The quantitative estimate of drug-likeness (QED) is 0.247. The number of ether oxygens (including phenoxy) is 1. The Kier molecular flexibility index (Phi) is 6.53. The number of benzene rings is 1. The van der Waals surface area contributed by atoms with Gasteiger partial charge in [0, 0.05) is 17.2 Å². The number of pyridine rings is 1. The van der Waals surface area contributed by atoms with Crippen molar-refractivity contribution >= 4 is 29.5 Å². The Morgan fingerprint density at radius 2 is 2.03 bits per heavy atom. The maximum atomic E-state index is 13.2. The van der Waals surface area contributed by atoms with E-state index < -0.39 is 23.3 Å². The summed E-state index contributed by atoms with van der Waals surface area (Å²) in [6.07, 6.45) is -2.58. The number of aromatic nitrogens is 3. The van der Waals surface area contributed by atoms with E-state index in [1.807, 2.05) is 0 Å². The van der Waals surface area contributed by atoms with Crippen molar-refractivity contribution in [2.45, 2.75) is 30.3 Å². The zero-order chi connectivity index (χ0) is 23.6. The van der Waals surface area contributed by atoms with Crippen LogP contribution < -0.4 is 9.46 Å². The molecule has 0 aliphatic heterocycles. The second-order valence-electron chi connectivity index (χ2n) is 7.47. The summed E-state index contributed by atoms with van der Waals surface area (Å²) in [5.41, 5.74) is -1.52. The number of amides is 1. The first kappa shape index (κ1) is 23.4. The van der Waals surface area contributed by atoms with Crippen LogP contribution in [0.1, 0.15) is 29.6 Å². The summed E-state index contributed by atoms with van der Waals surface area (Å²) < 4.78 is 61.5. The lowest BCUT2D eigenvalue weighted by atomic mass is 10.0. The smallest absolute Gasteiger partial charge is 0.394 e. The van der Waals surface area contributed by atoms with Gasteiger partial charge in [-0.2, -0.15) is 13.2 Å². The van der Waals surface area contributed by atoms with Crippen LogP contribution in [-0.2, 0) is 0 Å². The fourth-order valence-electron chi connectivity index (χ4n) is 3.10. The molecule has 174 valence electrons. The van der Waals surface area contributed by atoms with E-state index in [0.717, 1.165) is 11.9 Å². The number of hydrogen-bond donors (Lipinski definition) is 1. The highest BCUT2D eigenvalue weighted by molar-refractivity contribution is 7.98. The predicted octanol–water partition coefficient (Wildman–Crippen LogP) is 5.61. The van der Waals surface area contributed by atoms with Gasteiger partial charge >= 0.3 is 6.18 Å². The van der Waals surface area contributed by atoms with Crippen LogP contribution in [0.4, 0.5) is 17.6 Å². The average molecular weight is 501 g/mol. The van der Waals surface area contributed by atoms with Crippen molar-refractivity contribution in [3.8, 4) is 11.7 Å². The van der Waals surface area contributed by atoms with Crippen LogP contribution in [0.2, 0.25) is 5.15 Å². The van der Waals surface area contributed by atoms with Crippen molar-refractivity contribution < 1.29 is 27.1 Å². The number of hydrogen-bond acceptors (Lipinski definition) is 5. The van der Waals surface area contributed by atoms with Crippen LogP contribution in [0, 0.1) is 11.2 Å². The third-order valence-corrected chi connectivity index (χ3v) is 6.29. The Morgan fingerprint density at radius 1 is 1.24 bits per heavy atom. The summed E-state index contributed by atoms with van der Waals surface area (Å²) in [4.78, 5) is 17.0. The lowest BCUT2D eigenvalue weighted by molar-refractivity contribution is -0.190. The molecule has 33 heavy (non-hydrogen) atoms. The van der Waals surface area contributed by atoms with Crippen LogP contribution in [0.15, 0.2) is 53.6 Å². The minimum absolute atomic E-state index is 0.0799. The SMILES string of the molecule is O=C(NSc1cccc(F)c1)c1ccc(-n2ccc(OCCC3(C(F)(F)F)CC3)n2)nc1Cl. The molecule has 2 aromatic heterocycles. The fourth-order valence-corrected chi connectivity index (χ4v) is 3.98. The van der Waals surface area contributed by atoms with E-state index in [-0.39, 0.29) is 48.3 Å². The topological polar surface area (TPSA) is 69.0 Å². The van der Waals surface area contributed by atoms with Crippen LogP contribution in [0.25, 0.3) is 5.82 Å². The van der Waals surface area contributed by atoms with Gasteiger partial charge < -0.3 is 4.74 Å². The lowest BCUT2D eigenvalue weighted by Crippen LogP contribution is -2.26. The third-order valence-electron chi connectivity index (χ3n) is 5.22. The summed E-state index contributed by atoms with van der Waals surface area (Å²) >= 11 is 7.09. The van der Waals surface area contributed by atoms with Crippen molar-refractivity contribution in [1.29, 1.82) is 0 Å². The molecule has 0 atom stereocenters. The van der Waals surface area contributed by atoms with E-state index in [9.17, 15) is 22.4 Å².